The summed E-state index contributed by atoms with van der Waals surface area (Å²) in [7, 11) is 1.59. The molecule has 0 aromatic heterocycles. The van der Waals surface area contributed by atoms with Gasteiger partial charge in [-0.15, -0.1) is 0 Å². The summed E-state index contributed by atoms with van der Waals surface area (Å²) in [6.07, 6.45) is 0.636. The van der Waals surface area contributed by atoms with Gasteiger partial charge in [-0.25, -0.2) is 0 Å². The molecule has 0 bridgehead atoms. The van der Waals surface area contributed by atoms with Gasteiger partial charge in [0.15, 0.2) is 0 Å². The smallest absolute Gasteiger partial charge is 0.231 e. The lowest BCUT2D eigenvalue weighted by molar-refractivity contribution is -0.137. The molecule has 1 aromatic carbocycles. The van der Waals surface area contributed by atoms with Gasteiger partial charge in [0.2, 0.25) is 11.8 Å². The predicted molar refractivity (Wildman–Crippen MR) is 62.6 cm³/mol. The zero-order valence-corrected chi connectivity index (χ0v) is 9.60. The zero-order chi connectivity index (χ0) is 12.3. The van der Waals surface area contributed by atoms with E-state index in [1.807, 2.05) is 24.3 Å². The Morgan fingerprint density at radius 1 is 1.29 bits per heavy atom. The zero-order valence-electron chi connectivity index (χ0n) is 9.60. The molecule has 1 fully saturated rings. The number of imide groups is 1. The number of nitrogens with one attached hydrogen (secondary N) is 1. The van der Waals surface area contributed by atoms with E-state index in [1.54, 1.807) is 7.11 Å². The second-order valence-electron chi connectivity index (χ2n) is 3.78. The highest BCUT2D eigenvalue weighted by Gasteiger charge is 2.28. The molecule has 0 atom stereocenters. The maximum absolute atomic E-state index is 11.4. The van der Waals surface area contributed by atoms with E-state index in [0.29, 0.717) is 12.8 Å². The standard InChI is InChI=1S/C12H14N2O3/c1-17-10-4-2-3-9(7-10)13-8-14-11(15)5-6-12(14)16/h2-4,7,13H,5-6,8H2,1H3. The summed E-state index contributed by atoms with van der Waals surface area (Å²) in [6, 6.07) is 7.34. The van der Waals surface area contributed by atoms with Crippen molar-refractivity contribution in [2.24, 2.45) is 0 Å². The van der Waals surface area contributed by atoms with Gasteiger partial charge in [0, 0.05) is 24.6 Å². The second kappa shape index (κ2) is 4.86. The Morgan fingerprint density at radius 2 is 2.00 bits per heavy atom. The van der Waals surface area contributed by atoms with Gasteiger partial charge in [0.05, 0.1) is 13.8 Å². The highest BCUT2D eigenvalue weighted by atomic mass is 16.5. The molecule has 0 saturated carbocycles. The third-order valence-electron chi connectivity index (χ3n) is 2.67. The van der Waals surface area contributed by atoms with Crippen LogP contribution in [0.3, 0.4) is 0 Å². The average Bonchev–Trinajstić information content (AvgIpc) is 2.67. The highest BCUT2D eigenvalue weighted by molar-refractivity contribution is 6.02. The number of nitrogens with zero attached hydrogens (tertiary/aromatic N) is 1. The molecule has 2 rings (SSSR count). The van der Waals surface area contributed by atoms with Crippen LogP contribution in [0.1, 0.15) is 12.8 Å². The van der Waals surface area contributed by atoms with Crippen molar-refractivity contribution in [1.82, 2.24) is 4.90 Å². The predicted octanol–water partition coefficient (Wildman–Crippen LogP) is 1.21. The van der Waals surface area contributed by atoms with Crippen molar-refractivity contribution in [3.63, 3.8) is 0 Å². The molecule has 5 nitrogen and oxygen atoms in total. The van der Waals surface area contributed by atoms with Gasteiger partial charge < -0.3 is 10.1 Å². The van der Waals surface area contributed by atoms with Crippen LogP contribution in [-0.2, 0) is 9.59 Å². The van der Waals surface area contributed by atoms with Gasteiger partial charge in [0.1, 0.15) is 5.75 Å². The minimum Gasteiger partial charge on any atom is -0.497 e. The summed E-state index contributed by atoms with van der Waals surface area (Å²) in [5.74, 6) is 0.491. The Bertz CT molecular complexity index is 429. The molecule has 0 spiro atoms. The number of benzene rings is 1. The number of carbonyl (C=O) groups excluding carboxylic acids is 2. The second-order valence-corrected chi connectivity index (χ2v) is 3.78. The fourth-order valence-corrected chi connectivity index (χ4v) is 1.70. The van der Waals surface area contributed by atoms with Crippen LogP contribution in [0.2, 0.25) is 0 Å². The quantitative estimate of drug-likeness (QED) is 0.796. The number of likely N-dealkylation sites (tertiary alicyclic amines) is 1. The molecule has 1 N–H and O–H groups in total. The number of hydrogen-bond acceptors (Lipinski definition) is 4. The summed E-state index contributed by atoms with van der Waals surface area (Å²) >= 11 is 0. The van der Waals surface area contributed by atoms with Crippen LogP contribution >= 0.6 is 0 Å². The molecular formula is C12H14N2O3. The summed E-state index contributed by atoms with van der Waals surface area (Å²) < 4.78 is 5.08. The van der Waals surface area contributed by atoms with Gasteiger partial charge in [-0.05, 0) is 12.1 Å². The molecule has 1 aliphatic heterocycles. The molecule has 2 amide bonds. The average molecular weight is 234 g/mol. The number of hydrogen-bond donors (Lipinski definition) is 1. The first-order chi connectivity index (χ1) is 8.20. The van der Waals surface area contributed by atoms with E-state index in [1.165, 1.54) is 4.90 Å². The van der Waals surface area contributed by atoms with Crippen LogP contribution in [0, 0.1) is 0 Å². The van der Waals surface area contributed by atoms with Gasteiger partial charge >= 0.3 is 0 Å². The van der Waals surface area contributed by atoms with E-state index < -0.39 is 0 Å². The lowest BCUT2D eigenvalue weighted by Gasteiger charge is -2.15. The summed E-state index contributed by atoms with van der Waals surface area (Å²) in [5, 5.41) is 3.03. The number of carbonyl (C=O) groups is 2. The van der Waals surface area contributed by atoms with Crippen LogP contribution in [0.15, 0.2) is 24.3 Å². The van der Waals surface area contributed by atoms with Crippen molar-refractivity contribution >= 4 is 17.5 Å². The van der Waals surface area contributed by atoms with Crippen LogP contribution in [0.4, 0.5) is 5.69 Å². The molecule has 1 heterocycles. The number of anilines is 1. The monoisotopic (exact) mass is 234 g/mol. The van der Waals surface area contributed by atoms with E-state index in [4.69, 9.17) is 4.74 Å². The van der Waals surface area contributed by atoms with Crippen LogP contribution < -0.4 is 10.1 Å². The van der Waals surface area contributed by atoms with Gasteiger partial charge in [-0.1, -0.05) is 6.07 Å². The maximum Gasteiger partial charge on any atom is 0.231 e. The molecule has 0 unspecified atom stereocenters. The van der Waals surface area contributed by atoms with E-state index in [9.17, 15) is 9.59 Å². The highest BCUT2D eigenvalue weighted by Crippen LogP contribution is 2.17. The molecule has 5 heteroatoms. The summed E-state index contributed by atoms with van der Waals surface area (Å²) in [6.45, 7) is 0.213. The minimum atomic E-state index is -0.120. The Balaban J connectivity index is 1.97. The number of amides is 2. The molecule has 0 radical (unpaired) electrons. The van der Waals surface area contributed by atoms with E-state index in [-0.39, 0.29) is 18.5 Å². The van der Waals surface area contributed by atoms with Crippen LogP contribution in [-0.4, -0.2) is 30.5 Å². The molecule has 1 aliphatic rings. The Hall–Kier alpha value is -2.04. The lowest BCUT2D eigenvalue weighted by atomic mass is 10.3. The van der Waals surface area contributed by atoms with Crippen molar-refractivity contribution in [2.75, 3.05) is 19.1 Å². The molecule has 90 valence electrons. The Morgan fingerprint density at radius 3 is 2.65 bits per heavy atom. The minimum absolute atomic E-state index is 0.120. The topological polar surface area (TPSA) is 58.6 Å². The van der Waals surface area contributed by atoms with Gasteiger partial charge in [-0.3, -0.25) is 14.5 Å². The Labute approximate surface area is 99.4 Å². The third-order valence-corrected chi connectivity index (χ3v) is 2.67. The molecular weight excluding hydrogens is 220 g/mol. The number of methoxy groups -OCH3 is 1. The Kier molecular flexibility index (Phi) is 3.27. The van der Waals surface area contributed by atoms with Crippen molar-refractivity contribution in [2.45, 2.75) is 12.8 Å². The molecule has 1 aromatic rings. The largest absolute Gasteiger partial charge is 0.497 e. The van der Waals surface area contributed by atoms with Crippen LogP contribution in [0.5, 0.6) is 5.75 Å². The number of ether oxygens (including phenoxy) is 1. The van der Waals surface area contributed by atoms with Crippen molar-refractivity contribution in [3.05, 3.63) is 24.3 Å². The van der Waals surface area contributed by atoms with Crippen molar-refractivity contribution in [3.8, 4) is 5.75 Å². The van der Waals surface area contributed by atoms with E-state index in [0.717, 1.165) is 11.4 Å². The number of rotatable bonds is 4. The van der Waals surface area contributed by atoms with E-state index >= 15 is 0 Å². The maximum atomic E-state index is 11.4. The van der Waals surface area contributed by atoms with Crippen molar-refractivity contribution in [1.29, 1.82) is 0 Å². The lowest BCUT2D eigenvalue weighted by Crippen LogP contribution is -2.33. The summed E-state index contributed by atoms with van der Waals surface area (Å²) in [5.41, 5.74) is 0.817. The van der Waals surface area contributed by atoms with Gasteiger partial charge in [-0.2, -0.15) is 0 Å². The molecule has 0 aliphatic carbocycles. The first kappa shape index (κ1) is 11.4. The van der Waals surface area contributed by atoms with Crippen LogP contribution in [0.25, 0.3) is 0 Å². The molecule has 17 heavy (non-hydrogen) atoms. The summed E-state index contributed by atoms with van der Waals surface area (Å²) in [4.78, 5) is 24.0. The van der Waals surface area contributed by atoms with Gasteiger partial charge in [0.25, 0.3) is 0 Å². The van der Waals surface area contributed by atoms with E-state index in [2.05, 4.69) is 5.32 Å². The molecule has 1 saturated heterocycles. The first-order valence-electron chi connectivity index (χ1n) is 5.42. The fraction of sp³-hybridized carbons (Fsp3) is 0.333. The third kappa shape index (κ3) is 2.55. The van der Waals surface area contributed by atoms with Crippen molar-refractivity contribution < 1.29 is 14.3 Å². The first-order valence-corrected chi connectivity index (χ1v) is 5.42. The SMILES string of the molecule is COc1cccc(NCN2C(=O)CCC2=O)c1. The normalized spacial score (nSPS) is 15.2. The fourth-order valence-electron chi connectivity index (χ4n) is 1.70.